The largest absolute Gasteiger partial charge is 0.370 e. The van der Waals surface area contributed by atoms with Gasteiger partial charge in [0.2, 0.25) is 0 Å². The van der Waals surface area contributed by atoms with E-state index in [1.54, 1.807) is 28.1 Å². The van der Waals surface area contributed by atoms with Crippen LogP contribution in [-0.2, 0) is 20.8 Å². The van der Waals surface area contributed by atoms with E-state index in [9.17, 15) is 9.59 Å². The van der Waals surface area contributed by atoms with E-state index in [-0.39, 0.29) is 24.6 Å². The molecule has 3 heterocycles. The van der Waals surface area contributed by atoms with Crippen LogP contribution in [0.25, 0.3) is 0 Å². The van der Waals surface area contributed by atoms with Crippen LogP contribution in [0.2, 0.25) is 0 Å². The number of urea groups is 1. The Morgan fingerprint density at radius 1 is 1.24 bits per heavy atom. The van der Waals surface area contributed by atoms with E-state index in [0.29, 0.717) is 38.5 Å². The first kappa shape index (κ1) is 19.4. The third kappa shape index (κ3) is 4.41. The molecule has 2 aromatic rings. The summed E-state index contributed by atoms with van der Waals surface area (Å²) in [5.41, 5.74) is 2.46. The Labute approximate surface area is 169 Å². The number of amides is 3. The SMILES string of the molecule is CCn1cc(C2CN(C(=O)Nc3ccc(N4CCOCC4=O)cc3)CCO2)cn1. The summed E-state index contributed by atoms with van der Waals surface area (Å²) >= 11 is 0. The smallest absolute Gasteiger partial charge is 0.322 e. The number of hydrogen-bond donors (Lipinski definition) is 1. The highest BCUT2D eigenvalue weighted by atomic mass is 16.5. The van der Waals surface area contributed by atoms with Crippen molar-refractivity contribution in [3.8, 4) is 0 Å². The van der Waals surface area contributed by atoms with Gasteiger partial charge in [-0.25, -0.2) is 4.79 Å². The molecule has 1 N–H and O–H groups in total. The highest BCUT2D eigenvalue weighted by Gasteiger charge is 2.26. The van der Waals surface area contributed by atoms with Crippen LogP contribution in [0.5, 0.6) is 0 Å². The van der Waals surface area contributed by atoms with Gasteiger partial charge in [-0.1, -0.05) is 0 Å². The number of ether oxygens (including phenoxy) is 2. The average molecular weight is 399 g/mol. The predicted octanol–water partition coefficient (Wildman–Crippen LogP) is 1.87. The molecule has 1 aromatic carbocycles. The van der Waals surface area contributed by atoms with Gasteiger partial charge in [-0.15, -0.1) is 0 Å². The molecule has 29 heavy (non-hydrogen) atoms. The van der Waals surface area contributed by atoms with Crippen LogP contribution >= 0.6 is 0 Å². The first-order valence-corrected chi connectivity index (χ1v) is 9.82. The Balaban J connectivity index is 1.36. The monoisotopic (exact) mass is 399 g/mol. The van der Waals surface area contributed by atoms with Crippen LogP contribution in [0, 0.1) is 0 Å². The number of morpholine rings is 2. The van der Waals surface area contributed by atoms with Crippen molar-refractivity contribution in [1.82, 2.24) is 14.7 Å². The molecular formula is C20H25N5O4. The third-order valence-corrected chi connectivity index (χ3v) is 5.12. The van der Waals surface area contributed by atoms with E-state index < -0.39 is 0 Å². The molecule has 2 aliphatic rings. The number of anilines is 2. The second-order valence-electron chi connectivity index (χ2n) is 7.01. The van der Waals surface area contributed by atoms with E-state index in [4.69, 9.17) is 9.47 Å². The van der Waals surface area contributed by atoms with Crippen LogP contribution in [-0.4, -0.2) is 66.1 Å². The van der Waals surface area contributed by atoms with Gasteiger partial charge in [-0.2, -0.15) is 5.10 Å². The first-order valence-electron chi connectivity index (χ1n) is 9.82. The number of aryl methyl sites for hydroxylation is 1. The fourth-order valence-electron chi connectivity index (χ4n) is 3.47. The molecule has 1 unspecified atom stereocenters. The topological polar surface area (TPSA) is 88.9 Å². The maximum atomic E-state index is 12.7. The Morgan fingerprint density at radius 3 is 2.79 bits per heavy atom. The summed E-state index contributed by atoms with van der Waals surface area (Å²) in [7, 11) is 0. The molecule has 4 rings (SSSR count). The normalized spacial score (nSPS) is 20.0. The van der Waals surface area contributed by atoms with Crippen molar-refractivity contribution in [3.63, 3.8) is 0 Å². The zero-order chi connectivity index (χ0) is 20.2. The fraction of sp³-hybridized carbons (Fsp3) is 0.450. The van der Waals surface area contributed by atoms with Gasteiger partial charge in [0.1, 0.15) is 12.7 Å². The zero-order valence-electron chi connectivity index (χ0n) is 16.4. The summed E-state index contributed by atoms with van der Waals surface area (Å²) in [6.45, 7) is 5.48. The highest BCUT2D eigenvalue weighted by Crippen LogP contribution is 2.23. The maximum Gasteiger partial charge on any atom is 0.322 e. The Bertz CT molecular complexity index is 866. The molecule has 2 aliphatic heterocycles. The number of carbonyl (C=O) groups excluding carboxylic acids is 2. The fourth-order valence-corrected chi connectivity index (χ4v) is 3.47. The van der Waals surface area contributed by atoms with Gasteiger partial charge in [0.25, 0.3) is 5.91 Å². The van der Waals surface area contributed by atoms with Crippen LogP contribution < -0.4 is 10.2 Å². The van der Waals surface area contributed by atoms with Gasteiger partial charge in [0.15, 0.2) is 0 Å². The molecule has 1 atom stereocenters. The second kappa shape index (κ2) is 8.62. The lowest BCUT2D eigenvalue weighted by molar-refractivity contribution is -0.125. The van der Waals surface area contributed by atoms with Crippen LogP contribution in [0.4, 0.5) is 16.2 Å². The van der Waals surface area contributed by atoms with Crippen molar-refractivity contribution in [2.45, 2.75) is 19.6 Å². The van der Waals surface area contributed by atoms with Gasteiger partial charge < -0.3 is 24.6 Å². The lowest BCUT2D eigenvalue weighted by atomic mass is 10.1. The standard InChI is InChI=1S/C20H25N5O4/c1-2-24-12-15(11-21-24)18-13-23(7-10-29-18)20(27)22-16-3-5-17(6-4-16)25-8-9-28-14-19(25)26/h3-6,11-12,18H,2,7-10,13-14H2,1H3,(H,22,27). The molecule has 2 saturated heterocycles. The second-order valence-corrected chi connectivity index (χ2v) is 7.01. The Hall–Kier alpha value is -2.91. The molecule has 3 amide bonds. The minimum atomic E-state index is -0.176. The number of benzene rings is 1. The summed E-state index contributed by atoms with van der Waals surface area (Å²) in [4.78, 5) is 28.1. The molecule has 1 aromatic heterocycles. The first-order chi connectivity index (χ1) is 14.1. The lowest BCUT2D eigenvalue weighted by Gasteiger charge is -2.32. The van der Waals surface area contributed by atoms with Crippen molar-refractivity contribution in [1.29, 1.82) is 0 Å². The number of hydrogen-bond acceptors (Lipinski definition) is 5. The van der Waals surface area contributed by atoms with E-state index in [1.165, 1.54) is 0 Å². The summed E-state index contributed by atoms with van der Waals surface area (Å²) in [6, 6.07) is 7.11. The van der Waals surface area contributed by atoms with Crippen molar-refractivity contribution >= 4 is 23.3 Å². The number of carbonyl (C=O) groups is 2. The minimum absolute atomic E-state index is 0.0567. The molecule has 0 bridgehead atoms. The van der Waals surface area contributed by atoms with Gasteiger partial charge >= 0.3 is 6.03 Å². The Morgan fingerprint density at radius 2 is 2.07 bits per heavy atom. The Kier molecular flexibility index (Phi) is 5.77. The quantitative estimate of drug-likeness (QED) is 0.848. The maximum absolute atomic E-state index is 12.7. The van der Waals surface area contributed by atoms with Crippen molar-refractivity contribution in [2.24, 2.45) is 0 Å². The number of rotatable bonds is 4. The summed E-state index contributed by atoms with van der Waals surface area (Å²) in [5.74, 6) is -0.0567. The number of nitrogens with one attached hydrogen (secondary N) is 1. The summed E-state index contributed by atoms with van der Waals surface area (Å²) < 4.78 is 12.8. The van der Waals surface area contributed by atoms with Gasteiger partial charge in [0, 0.05) is 42.8 Å². The van der Waals surface area contributed by atoms with Crippen molar-refractivity contribution in [2.75, 3.05) is 49.7 Å². The van der Waals surface area contributed by atoms with Gasteiger partial charge in [-0.3, -0.25) is 9.48 Å². The summed E-state index contributed by atoms with van der Waals surface area (Å²) in [6.07, 6.45) is 3.57. The van der Waals surface area contributed by atoms with E-state index >= 15 is 0 Å². The highest BCUT2D eigenvalue weighted by molar-refractivity contribution is 5.95. The number of nitrogens with zero attached hydrogens (tertiary/aromatic N) is 4. The molecule has 2 fully saturated rings. The average Bonchev–Trinajstić information content (AvgIpc) is 3.24. The van der Waals surface area contributed by atoms with Crippen LogP contribution in [0.1, 0.15) is 18.6 Å². The van der Waals surface area contributed by atoms with E-state index in [0.717, 1.165) is 17.8 Å². The molecule has 154 valence electrons. The van der Waals surface area contributed by atoms with E-state index in [1.807, 2.05) is 29.9 Å². The predicted molar refractivity (Wildman–Crippen MR) is 107 cm³/mol. The molecule has 9 nitrogen and oxygen atoms in total. The van der Waals surface area contributed by atoms with Gasteiger partial charge in [0.05, 0.1) is 26.0 Å². The molecule has 9 heteroatoms. The minimum Gasteiger partial charge on any atom is -0.370 e. The van der Waals surface area contributed by atoms with Crippen LogP contribution in [0.15, 0.2) is 36.7 Å². The number of aromatic nitrogens is 2. The van der Waals surface area contributed by atoms with Gasteiger partial charge in [-0.05, 0) is 31.2 Å². The molecule has 0 aliphatic carbocycles. The molecule has 0 radical (unpaired) electrons. The zero-order valence-corrected chi connectivity index (χ0v) is 16.4. The molecule has 0 spiro atoms. The van der Waals surface area contributed by atoms with Crippen molar-refractivity contribution < 1.29 is 19.1 Å². The van der Waals surface area contributed by atoms with Crippen molar-refractivity contribution in [3.05, 3.63) is 42.2 Å². The van der Waals surface area contributed by atoms with E-state index in [2.05, 4.69) is 10.4 Å². The van der Waals surface area contributed by atoms with Crippen LogP contribution in [0.3, 0.4) is 0 Å². The third-order valence-electron chi connectivity index (χ3n) is 5.12. The molecular weight excluding hydrogens is 374 g/mol. The summed E-state index contributed by atoms with van der Waals surface area (Å²) in [5, 5.41) is 7.21. The molecule has 0 saturated carbocycles. The lowest BCUT2D eigenvalue weighted by Crippen LogP contribution is -2.44.